The number of carboxylic acid groups (broad SMARTS) is 3. The molecule has 1 rings (SSSR count). The van der Waals surface area contributed by atoms with Gasteiger partial charge in [-0.25, -0.2) is 14.4 Å². The first-order valence-electron chi connectivity index (χ1n) is 5.57. The summed E-state index contributed by atoms with van der Waals surface area (Å²) < 4.78 is 1.45. The summed E-state index contributed by atoms with van der Waals surface area (Å²) in [5.41, 5.74) is 0. The van der Waals surface area contributed by atoms with Crippen molar-refractivity contribution in [2.75, 3.05) is 0 Å². The van der Waals surface area contributed by atoms with Gasteiger partial charge in [-0.05, 0) is 0 Å². The SMILES string of the molecule is C=CC(=O)O.C=CC(=O)O.C=CC(=O)O.[SnH][c]1ccccc1. The molecule has 0 fully saturated rings. The van der Waals surface area contributed by atoms with Gasteiger partial charge in [-0.15, -0.1) is 0 Å². The Morgan fingerprint density at radius 3 is 1.09 bits per heavy atom. The van der Waals surface area contributed by atoms with Gasteiger partial charge >= 0.3 is 74.3 Å². The van der Waals surface area contributed by atoms with Crippen molar-refractivity contribution in [2.24, 2.45) is 0 Å². The Labute approximate surface area is 142 Å². The molecule has 0 heterocycles. The summed E-state index contributed by atoms with van der Waals surface area (Å²) in [6.07, 6.45) is 2.50. The van der Waals surface area contributed by atoms with Crippen LogP contribution in [-0.4, -0.2) is 55.8 Å². The van der Waals surface area contributed by atoms with Crippen LogP contribution in [0, 0.1) is 0 Å². The van der Waals surface area contributed by atoms with Gasteiger partial charge in [0, 0.05) is 18.2 Å². The van der Waals surface area contributed by atoms with Crippen LogP contribution < -0.4 is 3.58 Å². The molecule has 0 amide bonds. The van der Waals surface area contributed by atoms with E-state index in [0.29, 0.717) is 0 Å². The van der Waals surface area contributed by atoms with Crippen LogP contribution in [0.15, 0.2) is 68.3 Å². The van der Waals surface area contributed by atoms with Crippen LogP contribution in [0.1, 0.15) is 0 Å². The number of hydrogen-bond acceptors (Lipinski definition) is 3. The first-order valence-corrected chi connectivity index (χ1v) is 7.22. The topological polar surface area (TPSA) is 112 Å². The molecule has 0 saturated heterocycles. The monoisotopic (exact) mass is 414 g/mol. The zero-order valence-corrected chi connectivity index (χ0v) is 15.2. The summed E-state index contributed by atoms with van der Waals surface area (Å²) in [7, 11) is 0. The summed E-state index contributed by atoms with van der Waals surface area (Å²) in [6.45, 7) is 8.88. The molecular weight excluding hydrogens is 395 g/mol. The zero-order valence-electron chi connectivity index (χ0n) is 11.9. The van der Waals surface area contributed by atoms with Crippen LogP contribution in [0.2, 0.25) is 0 Å². The van der Waals surface area contributed by atoms with Crippen LogP contribution in [0.3, 0.4) is 0 Å². The van der Waals surface area contributed by atoms with Crippen molar-refractivity contribution >= 4 is 44.0 Å². The number of carbonyl (C=O) groups is 3. The molecule has 2 radical (unpaired) electrons. The number of hydrogen-bond donors (Lipinski definition) is 3. The van der Waals surface area contributed by atoms with Gasteiger partial charge in [-0.1, -0.05) is 19.7 Å². The van der Waals surface area contributed by atoms with Gasteiger partial charge in [-0.2, -0.15) is 0 Å². The molecule has 0 bridgehead atoms. The molecule has 0 atom stereocenters. The van der Waals surface area contributed by atoms with Crippen LogP contribution in [-0.2, 0) is 14.4 Å². The van der Waals surface area contributed by atoms with Gasteiger partial charge in [0.15, 0.2) is 0 Å². The normalized spacial score (nSPS) is 7.14. The molecule has 0 unspecified atom stereocenters. The molecule has 3 N–H and O–H groups in total. The fourth-order valence-electron chi connectivity index (χ4n) is 0.453. The van der Waals surface area contributed by atoms with E-state index in [1.807, 2.05) is 6.07 Å². The molecular formula is C15H18O6Sn. The second-order valence-electron chi connectivity index (χ2n) is 3.04. The predicted octanol–water partition coefficient (Wildman–Crippen LogP) is 0.984. The molecule has 0 aromatic heterocycles. The van der Waals surface area contributed by atoms with E-state index >= 15 is 0 Å². The third kappa shape index (κ3) is 36.1. The van der Waals surface area contributed by atoms with Crippen molar-refractivity contribution in [1.82, 2.24) is 0 Å². The summed E-state index contributed by atoms with van der Waals surface area (Å²) in [6, 6.07) is 10.5. The first kappa shape index (κ1) is 24.7. The zero-order chi connectivity index (χ0) is 18.0. The maximum absolute atomic E-state index is 9.25. The van der Waals surface area contributed by atoms with Crippen LogP contribution >= 0.6 is 0 Å². The van der Waals surface area contributed by atoms with Gasteiger partial charge < -0.3 is 15.3 Å². The van der Waals surface area contributed by atoms with E-state index in [2.05, 4.69) is 44.0 Å². The number of benzene rings is 1. The number of rotatable bonds is 3. The van der Waals surface area contributed by atoms with E-state index in [9.17, 15) is 14.4 Å². The Hall–Kier alpha value is -2.35. The van der Waals surface area contributed by atoms with Gasteiger partial charge in [0.2, 0.25) is 0 Å². The van der Waals surface area contributed by atoms with Gasteiger partial charge in [0.25, 0.3) is 0 Å². The molecule has 6 nitrogen and oxygen atoms in total. The van der Waals surface area contributed by atoms with E-state index in [1.54, 1.807) is 0 Å². The minimum atomic E-state index is -0.981. The average molecular weight is 413 g/mol. The van der Waals surface area contributed by atoms with Crippen molar-refractivity contribution < 1.29 is 29.7 Å². The first-order chi connectivity index (χ1) is 10.2. The van der Waals surface area contributed by atoms with Crippen LogP contribution in [0.25, 0.3) is 0 Å². The van der Waals surface area contributed by atoms with Crippen LogP contribution in [0.4, 0.5) is 0 Å². The Balaban J connectivity index is -0.000000223. The van der Waals surface area contributed by atoms with E-state index in [1.165, 1.54) is 26.1 Å². The molecule has 22 heavy (non-hydrogen) atoms. The average Bonchev–Trinajstić information content (AvgIpc) is 2.49. The Morgan fingerprint density at radius 1 is 0.773 bits per heavy atom. The van der Waals surface area contributed by atoms with Crippen molar-refractivity contribution in [3.8, 4) is 0 Å². The number of carboxylic acids is 3. The van der Waals surface area contributed by atoms with E-state index < -0.39 is 17.9 Å². The van der Waals surface area contributed by atoms with Crippen LogP contribution in [0.5, 0.6) is 0 Å². The summed E-state index contributed by atoms with van der Waals surface area (Å²) in [5.74, 6) is -2.94. The van der Waals surface area contributed by atoms with Crippen molar-refractivity contribution in [2.45, 2.75) is 0 Å². The third-order valence-electron chi connectivity index (χ3n) is 1.32. The number of aliphatic carboxylic acids is 3. The Morgan fingerprint density at radius 2 is 1.00 bits per heavy atom. The molecule has 0 saturated carbocycles. The Kier molecular flexibility index (Phi) is 20.9. The molecule has 0 spiro atoms. The van der Waals surface area contributed by atoms with Crippen molar-refractivity contribution in [3.63, 3.8) is 0 Å². The van der Waals surface area contributed by atoms with Crippen molar-refractivity contribution in [1.29, 1.82) is 0 Å². The van der Waals surface area contributed by atoms with Gasteiger partial charge in [0.1, 0.15) is 0 Å². The van der Waals surface area contributed by atoms with E-state index in [-0.39, 0.29) is 0 Å². The fourth-order valence-corrected chi connectivity index (χ4v) is 1.09. The second kappa shape index (κ2) is 18.6. The standard InChI is InChI=1S/C6H5.3C3H4O2.Sn.H/c1-2-4-6-5-3-1;3*1-2-3(4)5;;/h1-5H;3*2H,1H2,(H,4,5);;. The second-order valence-corrected chi connectivity index (χ2v) is 4.94. The Bertz CT molecular complexity index is 439. The molecule has 0 aliphatic heterocycles. The maximum atomic E-state index is 9.25. The summed E-state index contributed by atoms with van der Waals surface area (Å²) in [5, 5.41) is 22.8. The van der Waals surface area contributed by atoms with E-state index in [0.717, 1.165) is 18.2 Å². The predicted molar refractivity (Wildman–Crippen MR) is 86.7 cm³/mol. The third-order valence-corrected chi connectivity index (χ3v) is 2.42. The van der Waals surface area contributed by atoms with Gasteiger partial charge in [0.05, 0.1) is 0 Å². The molecule has 0 aliphatic rings. The van der Waals surface area contributed by atoms with Crippen molar-refractivity contribution in [3.05, 3.63) is 68.3 Å². The molecule has 0 aliphatic carbocycles. The summed E-state index contributed by atoms with van der Waals surface area (Å²) >= 11 is 1.23. The minimum absolute atomic E-state index is 0.833. The molecule has 7 heteroatoms. The molecule has 1 aromatic carbocycles. The van der Waals surface area contributed by atoms with E-state index in [4.69, 9.17) is 15.3 Å². The fraction of sp³-hybridized carbons (Fsp3) is 0. The molecule has 1 aromatic rings. The van der Waals surface area contributed by atoms with Gasteiger partial charge in [-0.3, -0.25) is 0 Å². The molecule has 118 valence electrons. The quantitative estimate of drug-likeness (QED) is 0.504. The summed E-state index contributed by atoms with van der Waals surface area (Å²) in [4.78, 5) is 27.8.